The number of halogens is 2. The number of benzene rings is 2. The van der Waals surface area contributed by atoms with Gasteiger partial charge in [0.25, 0.3) is 5.56 Å². The summed E-state index contributed by atoms with van der Waals surface area (Å²) in [5.41, 5.74) is 1.64. The van der Waals surface area contributed by atoms with Crippen LogP contribution in [0.25, 0.3) is 17.4 Å². The second-order valence-electron chi connectivity index (χ2n) is 9.72. The fourth-order valence-electron chi connectivity index (χ4n) is 4.64. The Kier molecular flexibility index (Phi) is 9.03. The van der Waals surface area contributed by atoms with Crippen LogP contribution in [0, 0.1) is 0 Å². The van der Waals surface area contributed by atoms with Gasteiger partial charge in [-0.3, -0.25) is 9.36 Å². The van der Waals surface area contributed by atoms with Crippen molar-refractivity contribution in [2.45, 2.75) is 32.9 Å². The largest absolute Gasteiger partial charge is 0.491 e. The van der Waals surface area contributed by atoms with Crippen LogP contribution in [0.1, 0.15) is 38.1 Å². The molecule has 5 rings (SSSR count). The van der Waals surface area contributed by atoms with Gasteiger partial charge in [0.1, 0.15) is 29.9 Å². The van der Waals surface area contributed by atoms with E-state index in [2.05, 4.69) is 4.99 Å². The molecule has 0 spiro atoms. The van der Waals surface area contributed by atoms with E-state index in [0.29, 0.717) is 53.5 Å². The van der Waals surface area contributed by atoms with Crippen LogP contribution < -0.4 is 19.6 Å². The quantitative estimate of drug-likeness (QED) is 0.173. The minimum atomic E-state index is -0.828. The standard InChI is InChI=1S/C31H28Cl2N2O6S/c1-17(2)40-23-11-6-5-8-21(23)28-26(30(37)39-15-14-38-4)18(3)34-31-35(28)29(36)25(42-31)16-19-12-13-24(41-19)20-9-7-10-22(32)27(20)33/h5-13,16-17,28H,14-15H2,1-4H3/b25-16+/t28-/m0/s1. The first kappa shape index (κ1) is 29.8. The molecule has 2 aromatic carbocycles. The number of rotatable bonds is 9. The number of para-hydroxylation sites is 1. The Morgan fingerprint density at radius 3 is 2.67 bits per heavy atom. The summed E-state index contributed by atoms with van der Waals surface area (Å²) in [5.74, 6) is 0.927. The Morgan fingerprint density at radius 2 is 1.90 bits per heavy atom. The number of carbonyl (C=O) groups is 1. The first-order valence-corrected chi connectivity index (χ1v) is 14.7. The number of furan rings is 1. The van der Waals surface area contributed by atoms with E-state index in [1.54, 1.807) is 43.3 Å². The third-order valence-corrected chi connectivity index (χ3v) is 8.26. The van der Waals surface area contributed by atoms with E-state index in [1.165, 1.54) is 23.0 Å². The highest BCUT2D eigenvalue weighted by Gasteiger charge is 2.35. The molecule has 11 heteroatoms. The van der Waals surface area contributed by atoms with Crippen LogP contribution in [0.3, 0.4) is 0 Å². The predicted molar refractivity (Wildman–Crippen MR) is 163 cm³/mol. The Hall–Kier alpha value is -3.63. The Labute approximate surface area is 256 Å². The fourth-order valence-corrected chi connectivity index (χ4v) is 6.06. The van der Waals surface area contributed by atoms with Crippen LogP contribution in [0.15, 0.2) is 80.1 Å². The highest BCUT2D eigenvalue weighted by molar-refractivity contribution is 7.07. The molecule has 0 amide bonds. The number of allylic oxidation sites excluding steroid dienone is 1. The van der Waals surface area contributed by atoms with Crippen LogP contribution in [-0.2, 0) is 14.3 Å². The Balaban J connectivity index is 1.64. The number of aromatic nitrogens is 1. The number of nitrogens with zero attached hydrogens (tertiary/aromatic N) is 2. The molecule has 0 fully saturated rings. The van der Waals surface area contributed by atoms with Gasteiger partial charge in [0.15, 0.2) is 4.80 Å². The fraction of sp³-hybridized carbons (Fsp3) is 0.258. The number of hydrogen-bond acceptors (Lipinski definition) is 8. The third-order valence-electron chi connectivity index (χ3n) is 6.46. The Bertz CT molecular complexity index is 1850. The number of hydrogen-bond donors (Lipinski definition) is 0. The molecule has 4 aromatic rings. The molecule has 0 unspecified atom stereocenters. The van der Waals surface area contributed by atoms with Crippen LogP contribution in [0.4, 0.5) is 0 Å². The molecule has 1 atom stereocenters. The van der Waals surface area contributed by atoms with Gasteiger partial charge >= 0.3 is 5.97 Å². The van der Waals surface area contributed by atoms with Crippen molar-refractivity contribution < 1.29 is 23.4 Å². The van der Waals surface area contributed by atoms with Crippen LogP contribution in [0.5, 0.6) is 5.75 Å². The zero-order valence-electron chi connectivity index (χ0n) is 23.4. The minimum Gasteiger partial charge on any atom is -0.491 e. The smallest absolute Gasteiger partial charge is 0.338 e. The maximum absolute atomic E-state index is 14.0. The van der Waals surface area contributed by atoms with Crippen molar-refractivity contribution in [2.75, 3.05) is 20.3 Å². The number of fused-ring (bicyclic) bond motifs is 1. The van der Waals surface area contributed by atoms with Crippen LogP contribution in [-0.4, -0.2) is 37.0 Å². The van der Waals surface area contributed by atoms with Gasteiger partial charge in [0.2, 0.25) is 0 Å². The lowest BCUT2D eigenvalue weighted by molar-refractivity contribution is -0.140. The summed E-state index contributed by atoms with van der Waals surface area (Å²) < 4.78 is 24.6. The van der Waals surface area contributed by atoms with Gasteiger partial charge in [-0.25, -0.2) is 9.79 Å². The minimum absolute atomic E-state index is 0.0604. The van der Waals surface area contributed by atoms with Gasteiger partial charge in [-0.05, 0) is 51.1 Å². The molecule has 1 aliphatic heterocycles. The number of thiazole rings is 1. The summed E-state index contributed by atoms with van der Waals surface area (Å²) in [6, 6.07) is 15.3. The summed E-state index contributed by atoms with van der Waals surface area (Å²) >= 11 is 13.8. The number of carbonyl (C=O) groups excluding carboxylic acids is 1. The van der Waals surface area contributed by atoms with Gasteiger partial charge in [-0.15, -0.1) is 0 Å². The van der Waals surface area contributed by atoms with Crippen molar-refractivity contribution >= 4 is 46.6 Å². The summed E-state index contributed by atoms with van der Waals surface area (Å²) in [5, 5.41) is 0.788. The molecule has 0 radical (unpaired) electrons. The second-order valence-corrected chi connectivity index (χ2v) is 11.5. The molecule has 8 nitrogen and oxygen atoms in total. The Morgan fingerprint density at radius 1 is 1.12 bits per heavy atom. The average molecular weight is 628 g/mol. The summed E-state index contributed by atoms with van der Waals surface area (Å²) in [6.07, 6.45) is 1.51. The summed E-state index contributed by atoms with van der Waals surface area (Å²) in [4.78, 5) is 32.5. The van der Waals surface area contributed by atoms with Crippen molar-refractivity contribution in [1.29, 1.82) is 0 Å². The van der Waals surface area contributed by atoms with E-state index >= 15 is 0 Å². The molecule has 0 saturated carbocycles. The van der Waals surface area contributed by atoms with Crippen molar-refractivity contribution in [1.82, 2.24) is 4.57 Å². The van der Waals surface area contributed by atoms with Crippen molar-refractivity contribution in [3.63, 3.8) is 0 Å². The number of esters is 1. The molecule has 2 aromatic heterocycles. The lowest BCUT2D eigenvalue weighted by atomic mass is 9.95. The molecule has 42 heavy (non-hydrogen) atoms. The molecular formula is C31H28Cl2N2O6S. The molecule has 0 saturated heterocycles. The number of ether oxygens (including phenoxy) is 3. The van der Waals surface area contributed by atoms with E-state index in [4.69, 9.17) is 41.8 Å². The van der Waals surface area contributed by atoms with Crippen LogP contribution >= 0.6 is 34.5 Å². The normalized spacial score (nSPS) is 15.1. The molecule has 1 aliphatic rings. The van der Waals surface area contributed by atoms with E-state index in [1.807, 2.05) is 38.1 Å². The molecule has 0 N–H and O–H groups in total. The summed E-state index contributed by atoms with van der Waals surface area (Å²) in [7, 11) is 1.53. The van der Waals surface area contributed by atoms with Gasteiger partial charge < -0.3 is 18.6 Å². The van der Waals surface area contributed by atoms with Gasteiger partial charge in [-0.1, -0.05) is 58.8 Å². The van der Waals surface area contributed by atoms with Crippen molar-refractivity contribution in [2.24, 2.45) is 4.99 Å². The van der Waals surface area contributed by atoms with Crippen molar-refractivity contribution in [3.8, 4) is 17.1 Å². The van der Waals surface area contributed by atoms with Gasteiger partial charge in [0, 0.05) is 24.3 Å². The summed E-state index contributed by atoms with van der Waals surface area (Å²) in [6.45, 7) is 5.86. The lowest BCUT2D eigenvalue weighted by Crippen LogP contribution is -2.40. The zero-order valence-corrected chi connectivity index (χ0v) is 25.7. The topological polar surface area (TPSA) is 92.3 Å². The molecule has 0 aliphatic carbocycles. The van der Waals surface area contributed by atoms with E-state index < -0.39 is 12.0 Å². The highest BCUT2D eigenvalue weighted by Crippen LogP contribution is 2.37. The molecule has 3 heterocycles. The monoisotopic (exact) mass is 626 g/mol. The lowest BCUT2D eigenvalue weighted by Gasteiger charge is -2.27. The second kappa shape index (κ2) is 12.7. The van der Waals surface area contributed by atoms with E-state index in [0.717, 1.165) is 0 Å². The van der Waals surface area contributed by atoms with Gasteiger partial charge in [0.05, 0.1) is 38.6 Å². The predicted octanol–water partition coefficient (Wildman–Crippen LogP) is 5.78. The van der Waals surface area contributed by atoms with E-state index in [-0.39, 0.29) is 30.5 Å². The van der Waals surface area contributed by atoms with Crippen LogP contribution in [0.2, 0.25) is 10.0 Å². The maximum Gasteiger partial charge on any atom is 0.338 e. The number of methoxy groups -OCH3 is 1. The van der Waals surface area contributed by atoms with Crippen molar-refractivity contribution in [3.05, 3.63) is 107 Å². The SMILES string of the molecule is COCCOC(=O)C1=C(C)N=c2s/c(=C/c3ccc(-c4cccc(Cl)c4Cl)o3)c(=O)n2[C@H]1c1ccccc1OC(C)C. The maximum atomic E-state index is 14.0. The molecular weight excluding hydrogens is 599 g/mol. The first-order chi connectivity index (χ1) is 20.2. The van der Waals surface area contributed by atoms with Gasteiger partial charge in [-0.2, -0.15) is 0 Å². The highest BCUT2D eigenvalue weighted by atomic mass is 35.5. The molecule has 0 bridgehead atoms. The zero-order chi connectivity index (χ0) is 30.0. The molecule has 218 valence electrons. The first-order valence-electron chi connectivity index (χ1n) is 13.2. The average Bonchev–Trinajstić information content (AvgIpc) is 3.53. The van der Waals surface area contributed by atoms with E-state index in [9.17, 15) is 9.59 Å². The third kappa shape index (κ3) is 5.96.